The molecular weight excluding hydrogens is 364 g/mol. The molecule has 144 valence electrons. The number of esters is 1. The molecule has 2 aromatic rings. The van der Waals surface area contributed by atoms with Crippen LogP contribution in [0.5, 0.6) is 11.5 Å². The van der Waals surface area contributed by atoms with E-state index in [1.54, 1.807) is 19.2 Å². The number of ether oxygens (including phenoxy) is 3. The average molecular weight is 388 g/mol. The van der Waals surface area contributed by atoms with Crippen LogP contribution in [0.1, 0.15) is 22.8 Å². The number of carbonyl (C=O) groups excluding carboxylic acids is 1. The van der Waals surface area contributed by atoms with Crippen LogP contribution in [-0.4, -0.2) is 38.0 Å². The first kappa shape index (κ1) is 20.5. The lowest BCUT2D eigenvalue weighted by Gasteiger charge is -2.19. The van der Waals surface area contributed by atoms with Crippen LogP contribution in [0.4, 0.5) is 5.69 Å². The van der Waals surface area contributed by atoms with Crippen LogP contribution in [0.3, 0.4) is 0 Å². The van der Waals surface area contributed by atoms with Gasteiger partial charge in [0.2, 0.25) is 0 Å². The number of nitrogens with one attached hydrogen (secondary N) is 2. The van der Waals surface area contributed by atoms with Crippen LogP contribution in [0.15, 0.2) is 42.5 Å². The van der Waals surface area contributed by atoms with Gasteiger partial charge in [0.25, 0.3) is 0 Å². The standard InChI is InChI=1S/C20H24N2O4S/c1-13(12-26-16-10-8-15(24-3)9-11-16)21-20(27)22-18-7-5-6-17(14(18)2)19(23)25-4/h5-11,13H,12H2,1-4H3,(H2,21,22,27). The van der Waals surface area contributed by atoms with Crippen LogP contribution in [-0.2, 0) is 4.74 Å². The third-order valence-corrected chi connectivity index (χ3v) is 4.14. The van der Waals surface area contributed by atoms with Gasteiger partial charge >= 0.3 is 5.97 Å². The van der Waals surface area contributed by atoms with Gasteiger partial charge < -0.3 is 24.8 Å². The first-order valence-electron chi connectivity index (χ1n) is 8.47. The zero-order chi connectivity index (χ0) is 19.8. The molecule has 0 saturated heterocycles. The molecule has 0 aliphatic heterocycles. The Morgan fingerprint density at radius 1 is 1.11 bits per heavy atom. The zero-order valence-corrected chi connectivity index (χ0v) is 16.7. The topological polar surface area (TPSA) is 68.8 Å². The van der Waals surface area contributed by atoms with Gasteiger partial charge in [0.1, 0.15) is 18.1 Å². The number of anilines is 1. The van der Waals surface area contributed by atoms with Crippen molar-refractivity contribution < 1.29 is 19.0 Å². The first-order valence-corrected chi connectivity index (χ1v) is 8.87. The van der Waals surface area contributed by atoms with Gasteiger partial charge in [-0.25, -0.2) is 4.79 Å². The summed E-state index contributed by atoms with van der Waals surface area (Å²) in [6.07, 6.45) is 0. The Labute approximate surface area is 164 Å². The lowest BCUT2D eigenvalue weighted by atomic mass is 10.1. The third kappa shape index (κ3) is 5.86. The van der Waals surface area contributed by atoms with Gasteiger partial charge in [0, 0.05) is 5.69 Å². The highest BCUT2D eigenvalue weighted by Gasteiger charge is 2.13. The quantitative estimate of drug-likeness (QED) is 0.555. The molecule has 0 amide bonds. The van der Waals surface area contributed by atoms with Crippen LogP contribution in [0, 0.1) is 6.92 Å². The van der Waals surface area contributed by atoms with Gasteiger partial charge in [0.05, 0.1) is 25.8 Å². The van der Waals surface area contributed by atoms with Gasteiger partial charge in [-0.3, -0.25) is 0 Å². The van der Waals surface area contributed by atoms with Crippen molar-refractivity contribution in [2.75, 3.05) is 26.1 Å². The molecule has 0 heterocycles. The molecule has 0 saturated carbocycles. The zero-order valence-electron chi connectivity index (χ0n) is 15.9. The fraction of sp³-hybridized carbons (Fsp3) is 0.300. The molecule has 0 spiro atoms. The number of benzene rings is 2. The summed E-state index contributed by atoms with van der Waals surface area (Å²) in [5.74, 6) is 1.16. The molecule has 7 heteroatoms. The van der Waals surface area contributed by atoms with E-state index in [9.17, 15) is 4.79 Å². The summed E-state index contributed by atoms with van der Waals surface area (Å²) in [6.45, 7) is 4.25. The maximum atomic E-state index is 11.8. The molecule has 0 radical (unpaired) electrons. The van der Waals surface area contributed by atoms with Crippen molar-refractivity contribution in [2.24, 2.45) is 0 Å². The SMILES string of the molecule is COC(=O)c1cccc(NC(=S)NC(C)COc2ccc(OC)cc2)c1C. The Morgan fingerprint density at radius 3 is 2.41 bits per heavy atom. The number of carbonyl (C=O) groups is 1. The van der Waals surface area contributed by atoms with Crippen LogP contribution in [0.2, 0.25) is 0 Å². The molecule has 6 nitrogen and oxygen atoms in total. The molecule has 1 atom stereocenters. The Kier molecular flexibility index (Phi) is 7.43. The van der Waals surface area contributed by atoms with Gasteiger partial charge in [-0.15, -0.1) is 0 Å². The van der Waals surface area contributed by atoms with Gasteiger partial charge in [-0.05, 0) is 68.0 Å². The Morgan fingerprint density at radius 2 is 1.78 bits per heavy atom. The van der Waals surface area contributed by atoms with Crippen molar-refractivity contribution in [3.8, 4) is 11.5 Å². The molecule has 0 aliphatic carbocycles. The van der Waals surface area contributed by atoms with Crippen LogP contribution >= 0.6 is 12.2 Å². The van der Waals surface area contributed by atoms with Gasteiger partial charge in [-0.2, -0.15) is 0 Å². The maximum absolute atomic E-state index is 11.8. The predicted molar refractivity (Wildman–Crippen MR) is 110 cm³/mol. The van der Waals surface area contributed by atoms with Gasteiger partial charge in [-0.1, -0.05) is 6.07 Å². The highest BCUT2D eigenvalue weighted by atomic mass is 32.1. The molecular formula is C20H24N2O4S. The summed E-state index contributed by atoms with van der Waals surface area (Å²) in [5.41, 5.74) is 2.02. The van der Waals surface area contributed by atoms with Crippen molar-refractivity contribution in [1.29, 1.82) is 0 Å². The molecule has 27 heavy (non-hydrogen) atoms. The molecule has 0 bridgehead atoms. The Hall–Kier alpha value is -2.80. The summed E-state index contributed by atoms with van der Waals surface area (Å²) in [6, 6.07) is 12.7. The molecule has 0 aliphatic rings. The van der Waals surface area contributed by atoms with E-state index < -0.39 is 0 Å². The number of thiocarbonyl (C=S) groups is 1. The summed E-state index contributed by atoms with van der Waals surface area (Å²) in [5, 5.41) is 6.73. The summed E-state index contributed by atoms with van der Waals surface area (Å²) < 4.78 is 15.7. The second-order valence-corrected chi connectivity index (χ2v) is 6.36. The molecule has 0 fully saturated rings. The fourth-order valence-electron chi connectivity index (χ4n) is 2.42. The highest BCUT2D eigenvalue weighted by molar-refractivity contribution is 7.80. The van der Waals surface area contributed by atoms with E-state index in [-0.39, 0.29) is 12.0 Å². The van der Waals surface area contributed by atoms with E-state index in [1.165, 1.54) is 7.11 Å². The minimum absolute atomic E-state index is 0.0174. The maximum Gasteiger partial charge on any atom is 0.338 e. The number of rotatable bonds is 7. The monoisotopic (exact) mass is 388 g/mol. The van der Waals surface area contributed by atoms with Crippen molar-refractivity contribution in [2.45, 2.75) is 19.9 Å². The predicted octanol–water partition coefficient (Wildman–Crippen LogP) is 3.54. The van der Waals surface area contributed by atoms with Crippen molar-refractivity contribution in [3.05, 3.63) is 53.6 Å². The third-order valence-electron chi connectivity index (χ3n) is 3.92. The van der Waals surface area contributed by atoms with Crippen LogP contribution < -0.4 is 20.1 Å². The number of hydrogen-bond acceptors (Lipinski definition) is 5. The first-order chi connectivity index (χ1) is 12.9. The van der Waals surface area contributed by atoms with Gasteiger partial charge in [0.15, 0.2) is 5.11 Å². The largest absolute Gasteiger partial charge is 0.497 e. The lowest BCUT2D eigenvalue weighted by Crippen LogP contribution is -2.39. The van der Waals surface area contributed by atoms with E-state index in [0.717, 1.165) is 22.7 Å². The van der Waals surface area contributed by atoms with E-state index >= 15 is 0 Å². The number of methoxy groups -OCH3 is 2. The molecule has 0 aromatic heterocycles. The van der Waals surface area contributed by atoms with Crippen molar-refractivity contribution in [1.82, 2.24) is 5.32 Å². The summed E-state index contributed by atoms with van der Waals surface area (Å²) >= 11 is 5.36. The van der Waals surface area contributed by atoms with E-state index in [4.69, 9.17) is 26.4 Å². The summed E-state index contributed by atoms with van der Waals surface area (Å²) in [7, 11) is 2.98. The fourth-order valence-corrected chi connectivity index (χ4v) is 2.73. The van der Waals surface area contributed by atoms with E-state index in [0.29, 0.717) is 17.3 Å². The number of hydrogen-bond donors (Lipinski definition) is 2. The van der Waals surface area contributed by atoms with Crippen molar-refractivity contribution in [3.63, 3.8) is 0 Å². The normalized spacial score (nSPS) is 11.3. The molecule has 2 aromatic carbocycles. The highest BCUT2D eigenvalue weighted by Crippen LogP contribution is 2.20. The second-order valence-electron chi connectivity index (χ2n) is 5.96. The van der Waals surface area contributed by atoms with Crippen LogP contribution in [0.25, 0.3) is 0 Å². The minimum atomic E-state index is -0.378. The van der Waals surface area contributed by atoms with Crippen molar-refractivity contribution >= 4 is 29.0 Å². The molecule has 1 unspecified atom stereocenters. The molecule has 2 N–H and O–H groups in total. The van der Waals surface area contributed by atoms with E-state index in [2.05, 4.69) is 10.6 Å². The Balaban J connectivity index is 1.88. The second kappa shape index (κ2) is 9.78. The average Bonchev–Trinajstić information content (AvgIpc) is 2.67. The Bertz CT molecular complexity index is 793. The lowest BCUT2D eigenvalue weighted by molar-refractivity contribution is 0.0600. The summed E-state index contributed by atoms with van der Waals surface area (Å²) in [4.78, 5) is 11.8. The molecule has 2 rings (SSSR count). The minimum Gasteiger partial charge on any atom is -0.497 e. The smallest absolute Gasteiger partial charge is 0.338 e. The van der Waals surface area contributed by atoms with E-state index in [1.807, 2.05) is 44.2 Å².